The second-order valence-electron chi connectivity index (χ2n) is 19.4. The molecule has 0 radical (unpaired) electrons. The van der Waals surface area contributed by atoms with Crippen molar-refractivity contribution >= 4 is 11.8 Å². The maximum absolute atomic E-state index is 11.8. The molecule has 3 aromatic rings. The molecule has 4 aliphatic heterocycles. The van der Waals surface area contributed by atoms with Crippen LogP contribution in [0.2, 0.25) is 0 Å². The minimum absolute atomic E-state index is 0.237. The maximum atomic E-state index is 11.8. The van der Waals surface area contributed by atoms with Gasteiger partial charge in [0.25, 0.3) is 0 Å². The van der Waals surface area contributed by atoms with E-state index in [4.69, 9.17) is 37.9 Å². The van der Waals surface area contributed by atoms with Gasteiger partial charge in [-0.05, 0) is 16.7 Å². The third-order valence-corrected chi connectivity index (χ3v) is 15.8. The highest BCUT2D eigenvalue weighted by atomic mass is 32.2. The van der Waals surface area contributed by atoms with Crippen LogP contribution < -0.4 is 5.32 Å². The van der Waals surface area contributed by atoms with Crippen LogP contribution in [0.3, 0.4) is 0 Å². The Labute approximate surface area is 452 Å². The molecule has 26 nitrogen and oxygen atoms in total. The van der Waals surface area contributed by atoms with Gasteiger partial charge in [0.15, 0.2) is 25.2 Å². The van der Waals surface area contributed by atoms with Gasteiger partial charge in [0.05, 0.1) is 43.9 Å². The minimum atomic E-state index is -2.21. The third kappa shape index (κ3) is 14.1. The van der Waals surface area contributed by atoms with Crippen molar-refractivity contribution in [3.63, 3.8) is 0 Å². The van der Waals surface area contributed by atoms with Gasteiger partial charge in [-0.1, -0.05) is 91.0 Å². The summed E-state index contributed by atoms with van der Waals surface area (Å²) in [5.41, 5.74) is 2.99. The quantitative estimate of drug-likeness (QED) is 0.0277. The van der Waals surface area contributed by atoms with E-state index in [2.05, 4.69) is 5.32 Å². The molecular weight excluding hydrogens is 1060 g/mol. The van der Waals surface area contributed by atoms with Crippen LogP contribution in [0, 0.1) is 0 Å². The maximum Gasteiger partial charge on any atom is 0.187 e. The van der Waals surface area contributed by atoms with E-state index < -0.39 is 185 Å². The second kappa shape index (κ2) is 28.8. The molecule has 18 N–H and O–H groups in total. The fraction of sp³-hybridized carbons (Fsp3) is 0.647. The first-order chi connectivity index (χ1) is 37.4. The monoisotopic (exact) mass is 1130 g/mol. The molecule has 78 heavy (non-hydrogen) atoms. The van der Waals surface area contributed by atoms with E-state index >= 15 is 0 Å². The second-order valence-corrected chi connectivity index (χ2v) is 20.8. The summed E-state index contributed by atoms with van der Waals surface area (Å²) >= 11 is 1.60. The Morgan fingerprint density at radius 3 is 1.38 bits per heavy atom. The van der Waals surface area contributed by atoms with Gasteiger partial charge in [-0.25, -0.2) is 0 Å². The summed E-state index contributed by atoms with van der Waals surface area (Å²) in [5.74, 6) is 0.427. The molecular formula is C51H73NO25S. The van der Waals surface area contributed by atoms with Crippen LogP contribution in [0.5, 0.6) is 0 Å². The minimum Gasteiger partial charge on any atom is -0.394 e. The van der Waals surface area contributed by atoms with Crippen molar-refractivity contribution in [1.82, 2.24) is 5.32 Å². The van der Waals surface area contributed by atoms with Gasteiger partial charge < -0.3 is 130 Å². The fourth-order valence-corrected chi connectivity index (χ4v) is 11.2. The Balaban J connectivity index is 1.08. The van der Waals surface area contributed by atoms with Crippen LogP contribution in [-0.2, 0) is 42.6 Å². The van der Waals surface area contributed by atoms with Crippen LogP contribution >= 0.6 is 11.8 Å². The lowest BCUT2D eigenvalue weighted by Crippen LogP contribution is -2.65. The first kappa shape index (κ1) is 62.6. The zero-order valence-corrected chi connectivity index (χ0v) is 42.8. The lowest BCUT2D eigenvalue weighted by Gasteiger charge is -2.46. The molecule has 4 saturated heterocycles. The molecule has 3 aromatic carbocycles. The predicted molar refractivity (Wildman–Crippen MR) is 266 cm³/mol. The first-order valence-electron chi connectivity index (χ1n) is 25.4. The average molecular weight is 1130 g/mol. The Bertz CT molecular complexity index is 2100. The van der Waals surface area contributed by atoms with Crippen LogP contribution in [0.4, 0.5) is 0 Å². The normalized spacial score (nSPS) is 37.3. The Morgan fingerprint density at radius 2 is 0.897 bits per heavy atom. The van der Waals surface area contributed by atoms with Crippen molar-refractivity contribution < 1.29 is 125 Å². The van der Waals surface area contributed by atoms with Crippen molar-refractivity contribution in [3.8, 4) is 0 Å². The zero-order valence-electron chi connectivity index (χ0n) is 42.0. The highest BCUT2D eigenvalue weighted by Crippen LogP contribution is 2.48. The molecule has 0 amide bonds. The van der Waals surface area contributed by atoms with Gasteiger partial charge in [-0.3, -0.25) is 0 Å². The molecule has 4 fully saturated rings. The summed E-state index contributed by atoms with van der Waals surface area (Å²) in [7, 11) is 0. The summed E-state index contributed by atoms with van der Waals surface area (Å²) in [6, 6.07) is 29.6. The molecule has 0 aliphatic carbocycles. The van der Waals surface area contributed by atoms with E-state index in [-0.39, 0.29) is 13.1 Å². The van der Waals surface area contributed by atoms with E-state index in [1.54, 1.807) is 11.8 Å². The number of aliphatic hydroxyl groups is 17. The number of hydrogen-bond acceptors (Lipinski definition) is 27. The van der Waals surface area contributed by atoms with E-state index in [1.165, 1.54) is 0 Å². The van der Waals surface area contributed by atoms with Crippen molar-refractivity contribution in [1.29, 1.82) is 0 Å². The van der Waals surface area contributed by atoms with Gasteiger partial charge in [-0.2, -0.15) is 0 Å². The number of hydrogen-bond donors (Lipinski definition) is 18. The average Bonchev–Trinajstić information content (AvgIpc) is 3.58. The lowest BCUT2D eigenvalue weighted by molar-refractivity contribution is -0.368. The summed E-state index contributed by atoms with van der Waals surface area (Å²) in [5, 5.41) is 185. The molecule has 4 aliphatic rings. The van der Waals surface area contributed by atoms with E-state index in [0.29, 0.717) is 5.75 Å². The Kier molecular flexibility index (Phi) is 23.1. The van der Waals surface area contributed by atoms with Crippen LogP contribution in [-0.4, -0.2) is 286 Å². The van der Waals surface area contributed by atoms with Gasteiger partial charge in [0.2, 0.25) is 0 Å². The summed E-state index contributed by atoms with van der Waals surface area (Å²) in [6.45, 7) is -4.50. The molecule has 0 aromatic heterocycles. The highest BCUT2D eigenvalue weighted by molar-refractivity contribution is 8.00. The van der Waals surface area contributed by atoms with Crippen LogP contribution in [0.1, 0.15) is 16.7 Å². The number of benzene rings is 3. The fourth-order valence-electron chi connectivity index (χ4n) is 9.72. The van der Waals surface area contributed by atoms with E-state index in [0.717, 1.165) is 16.7 Å². The van der Waals surface area contributed by atoms with Crippen LogP contribution in [0.15, 0.2) is 91.0 Å². The molecule has 0 unspecified atom stereocenters. The number of thioether (sulfide) groups is 1. The summed E-state index contributed by atoms with van der Waals surface area (Å²) in [6.07, 6.45) is -45.1. The summed E-state index contributed by atoms with van der Waals surface area (Å²) < 4.78 is 44.3. The highest BCUT2D eigenvalue weighted by Gasteiger charge is 2.53. The topological polar surface area (TPSA) is 430 Å². The standard InChI is InChI=1S/C51H73NO25S/c53-19-29-34(59)38(63)41(66)47(72-29)71-23-32-37(62)46(77-50-43(68)40(65)36(61)31(21-55)74-50)44(69)48(75-32)70-22-28(57)33(58)45(76-49-42(67)39(64)35(60)30(20-54)73-49)27(56)18-52-16-17-78-51(24-10-4-1-5-11-24,25-12-6-2-7-13-25)26-14-8-3-9-15-26/h1-15,27-50,52-69H,16-23H2/t27-,28-,29-,30-,31-,32-,33-,34-,35-,36-,37-,38+,39+,40+,41+,42+,43+,44+,45-,46+,47+,48+,49-,50-/m1/s1. The Hall–Kier alpha value is -3.03. The number of rotatable bonds is 25. The molecule has 0 saturated carbocycles. The SMILES string of the molecule is OC[C@H]1O[C@H](OC[C@H]2O[C@H](OC[C@@H](O)[C@@H](O)[C@H](O[C@H]3O[C@H](CO)[C@@H](O)[C@H](O)[C@@H]3O)[C@H](O)CNCCSC(c3ccccc3)(c3ccccc3)c3ccccc3)[C@@H](O)[C@@H](O[C@H]3O[C@H](CO)[C@@H](O)[C@H](O)[C@@H]3O)[C@@H]2O)[C@@H](O)[C@@H](O)[C@@H]1O. The molecule has 438 valence electrons. The number of nitrogens with one attached hydrogen (secondary N) is 1. The smallest absolute Gasteiger partial charge is 0.187 e. The summed E-state index contributed by atoms with van der Waals surface area (Å²) in [4.78, 5) is 0. The number of aliphatic hydroxyl groups excluding tert-OH is 17. The van der Waals surface area contributed by atoms with Gasteiger partial charge >= 0.3 is 0 Å². The molecule has 4 heterocycles. The van der Waals surface area contributed by atoms with Gasteiger partial charge in [0.1, 0.15) is 116 Å². The third-order valence-electron chi connectivity index (χ3n) is 14.2. The van der Waals surface area contributed by atoms with Gasteiger partial charge in [0, 0.05) is 18.8 Å². The molecule has 24 atom stereocenters. The zero-order chi connectivity index (χ0) is 56.4. The van der Waals surface area contributed by atoms with E-state index in [1.807, 2.05) is 91.0 Å². The van der Waals surface area contributed by atoms with Crippen molar-refractivity contribution in [3.05, 3.63) is 108 Å². The first-order valence-corrected chi connectivity index (χ1v) is 26.4. The van der Waals surface area contributed by atoms with Crippen molar-refractivity contribution in [2.75, 3.05) is 51.9 Å². The van der Waals surface area contributed by atoms with Crippen LogP contribution in [0.25, 0.3) is 0 Å². The Morgan fingerprint density at radius 1 is 0.474 bits per heavy atom. The van der Waals surface area contributed by atoms with Gasteiger partial charge in [-0.15, -0.1) is 11.8 Å². The molecule has 0 spiro atoms. The predicted octanol–water partition coefficient (Wildman–Crippen LogP) is -6.97. The number of ether oxygens (including phenoxy) is 8. The van der Waals surface area contributed by atoms with E-state index in [9.17, 15) is 86.8 Å². The molecule has 0 bridgehead atoms. The van der Waals surface area contributed by atoms with Crippen molar-refractivity contribution in [2.45, 2.75) is 152 Å². The lowest BCUT2D eigenvalue weighted by atomic mass is 9.84. The van der Waals surface area contributed by atoms with Crippen molar-refractivity contribution in [2.24, 2.45) is 0 Å². The molecule has 27 heteroatoms. The molecule has 7 rings (SSSR count). The largest absolute Gasteiger partial charge is 0.394 e.